The third kappa shape index (κ3) is 4.43. The van der Waals surface area contributed by atoms with Crippen LogP contribution in [0.15, 0.2) is 12.1 Å². The van der Waals surface area contributed by atoms with Gasteiger partial charge in [0.25, 0.3) is 5.69 Å². The number of aryl methyl sites for hydroxylation is 1. The number of nitro groups is 1. The zero-order valence-electron chi connectivity index (χ0n) is 14.7. The number of esters is 1. The number of carbonyl (C=O) groups is 1. The Morgan fingerprint density at radius 1 is 1.38 bits per heavy atom. The lowest BCUT2D eigenvalue weighted by Crippen LogP contribution is -2.54. The Hall–Kier alpha value is -2.36. The predicted molar refractivity (Wildman–Crippen MR) is 88.5 cm³/mol. The number of benzene rings is 1. The molecule has 1 aliphatic heterocycles. The molecule has 1 fully saturated rings. The molecule has 0 amide bonds. The standard InChI is InChI=1S/C16H20F3N3O4/c1-10-6-12(7-13(15(23)26-3)14(10)22(24)25)20-4-5-21(11(2)8-20)9-16(17,18)19/h6-7,11H,4-5,8-9H2,1-3H3. The zero-order chi connectivity index (χ0) is 19.6. The van der Waals surface area contributed by atoms with Crippen LogP contribution >= 0.6 is 0 Å². The molecule has 1 aromatic carbocycles. The van der Waals surface area contributed by atoms with Crippen molar-refractivity contribution in [2.75, 3.05) is 38.2 Å². The molecule has 0 radical (unpaired) electrons. The number of piperazine rings is 1. The Bertz CT molecular complexity index is 709. The summed E-state index contributed by atoms with van der Waals surface area (Å²) in [7, 11) is 1.13. The summed E-state index contributed by atoms with van der Waals surface area (Å²) in [5, 5.41) is 11.2. The van der Waals surface area contributed by atoms with E-state index in [9.17, 15) is 28.1 Å². The van der Waals surface area contributed by atoms with Crippen molar-refractivity contribution in [3.63, 3.8) is 0 Å². The molecule has 0 N–H and O–H groups in total. The maximum absolute atomic E-state index is 12.6. The summed E-state index contributed by atoms with van der Waals surface area (Å²) in [4.78, 5) is 25.7. The molecular weight excluding hydrogens is 355 g/mol. The molecule has 0 spiro atoms. The van der Waals surface area contributed by atoms with E-state index in [1.54, 1.807) is 13.0 Å². The average molecular weight is 375 g/mol. The molecule has 7 nitrogen and oxygen atoms in total. The molecule has 0 bridgehead atoms. The lowest BCUT2D eigenvalue weighted by atomic mass is 10.0. The fourth-order valence-corrected chi connectivity index (χ4v) is 3.15. The minimum atomic E-state index is -4.27. The molecule has 10 heteroatoms. The molecular formula is C16H20F3N3O4. The van der Waals surface area contributed by atoms with Crippen LogP contribution in [0.1, 0.15) is 22.8 Å². The van der Waals surface area contributed by atoms with Crippen molar-refractivity contribution in [3.05, 3.63) is 33.4 Å². The normalized spacial score (nSPS) is 18.7. The molecule has 1 saturated heterocycles. The number of anilines is 1. The minimum Gasteiger partial charge on any atom is -0.465 e. The van der Waals surface area contributed by atoms with Crippen LogP contribution in [-0.4, -0.2) is 61.3 Å². The van der Waals surface area contributed by atoms with Gasteiger partial charge in [-0.25, -0.2) is 4.79 Å². The number of carbonyl (C=O) groups excluding carboxylic acids is 1. The Morgan fingerprint density at radius 2 is 2.04 bits per heavy atom. The van der Waals surface area contributed by atoms with E-state index < -0.39 is 23.6 Å². The van der Waals surface area contributed by atoms with Crippen LogP contribution in [0.2, 0.25) is 0 Å². The van der Waals surface area contributed by atoms with Crippen molar-refractivity contribution in [3.8, 4) is 0 Å². The number of methoxy groups -OCH3 is 1. The molecule has 1 aliphatic rings. The number of ether oxygens (including phenoxy) is 1. The van der Waals surface area contributed by atoms with Crippen LogP contribution in [0.4, 0.5) is 24.5 Å². The first-order valence-corrected chi connectivity index (χ1v) is 7.96. The summed E-state index contributed by atoms with van der Waals surface area (Å²) in [6, 6.07) is 2.57. The molecule has 1 atom stereocenters. The van der Waals surface area contributed by atoms with Crippen molar-refractivity contribution in [1.29, 1.82) is 0 Å². The summed E-state index contributed by atoms with van der Waals surface area (Å²) in [5.41, 5.74) is 0.340. The quantitative estimate of drug-likeness (QED) is 0.458. The van der Waals surface area contributed by atoms with Gasteiger partial charge in [-0.1, -0.05) is 0 Å². The third-order valence-electron chi connectivity index (χ3n) is 4.39. The summed E-state index contributed by atoms with van der Waals surface area (Å²) in [5.74, 6) is -0.828. The van der Waals surface area contributed by atoms with Gasteiger partial charge in [-0.2, -0.15) is 13.2 Å². The smallest absolute Gasteiger partial charge is 0.401 e. The maximum Gasteiger partial charge on any atom is 0.401 e. The van der Waals surface area contributed by atoms with Gasteiger partial charge < -0.3 is 9.64 Å². The topological polar surface area (TPSA) is 75.9 Å². The molecule has 2 rings (SSSR count). The lowest BCUT2D eigenvalue weighted by Gasteiger charge is -2.41. The van der Waals surface area contributed by atoms with Gasteiger partial charge in [0, 0.05) is 36.9 Å². The van der Waals surface area contributed by atoms with Gasteiger partial charge >= 0.3 is 12.1 Å². The molecule has 1 aromatic rings. The fourth-order valence-electron chi connectivity index (χ4n) is 3.15. The van der Waals surface area contributed by atoms with E-state index in [0.717, 1.165) is 7.11 Å². The predicted octanol–water partition coefficient (Wildman–Crippen LogP) is 2.76. The van der Waals surface area contributed by atoms with Crippen LogP contribution in [0.3, 0.4) is 0 Å². The van der Waals surface area contributed by atoms with Gasteiger partial charge in [0.2, 0.25) is 0 Å². The highest BCUT2D eigenvalue weighted by molar-refractivity contribution is 5.95. The number of nitro benzene ring substituents is 1. The van der Waals surface area contributed by atoms with Gasteiger partial charge in [-0.3, -0.25) is 15.0 Å². The SMILES string of the molecule is COC(=O)c1cc(N2CCN(CC(F)(F)F)C(C)C2)cc(C)c1[N+](=O)[O-]. The van der Waals surface area contributed by atoms with Gasteiger partial charge in [0.15, 0.2) is 0 Å². The second kappa shape index (κ2) is 7.48. The lowest BCUT2D eigenvalue weighted by molar-refractivity contribution is -0.385. The Morgan fingerprint density at radius 3 is 2.54 bits per heavy atom. The summed E-state index contributed by atoms with van der Waals surface area (Å²) >= 11 is 0. The second-order valence-corrected chi connectivity index (χ2v) is 6.29. The summed E-state index contributed by atoms with van der Waals surface area (Å²) in [6.45, 7) is 3.06. The van der Waals surface area contributed by atoms with Crippen LogP contribution in [0, 0.1) is 17.0 Å². The molecule has 1 heterocycles. The first-order valence-electron chi connectivity index (χ1n) is 7.96. The highest BCUT2D eigenvalue weighted by Crippen LogP contribution is 2.31. The minimum absolute atomic E-state index is 0.169. The first-order chi connectivity index (χ1) is 12.0. The van der Waals surface area contributed by atoms with Gasteiger partial charge in [0.1, 0.15) is 5.56 Å². The Labute approximate surface area is 148 Å². The number of halogens is 3. The molecule has 0 aromatic heterocycles. The largest absolute Gasteiger partial charge is 0.465 e. The highest BCUT2D eigenvalue weighted by atomic mass is 19.4. The van der Waals surface area contributed by atoms with E-state index in [0.29, 0.717) is 24.3 Å². The van der Waals surface area contributed by atoms with Gasteiger partial charge in [0.05, 0.1) is 18.6 Å². The summed E-state index contributed by atoms with van der Waals surface area (Å²) < 4.78 is 42.5. The van der Waals surface area contributed by atoms with Crippen LogP contribution < -0.4 is 4.90 Å². The van der Waals surface area contributed by atoms with E-state index >= 15 is 0 Å². The summed E-state index contributed by atoms with van der Waals surface area (Å²) in [6.07, 6.45) is -4.27. The molecule has 26 heavy (non-hydrogen) atoms. The van der Waals surface area contributed by atoms with E-state index in [2.05, 4.69) is 4.74 Å². The number of nitrogens with zero attached hydrogens (tertiary/aromatic N) is 3. The van der Waals surface area contributed by atoms with E-state index in [-0.39, 0.29) is 23.8 Å². The van der Waals surface area contributed by atoms with E-state index in [4.69, 9.17) is 0 Å². The second-order valence-electron chi connectivity index (χ2n) is 6.29. The van der Waals surface area contributed by atoms with Gasteiger partial charge in [-0.05, 0) is 26.0 Å². The van der Waals surface area contributed by atoms with E-state index in [1.165, 1.54) is 17.9 Å². The zero-order valence-corrected chi connectivity index (χ0v) is 14.7. The van der Waals surface area contributed by atoms with Crippen molar-refractivity contribution in [2.45, 2.75) is 26.1 Å². The Balaban J connectivity index is 2.29. The number of rotatable bonds is 4. The van der Waals surface area contributed by atoms with Gasteiger partial charge in [-0.15, -0.1) is 0 Å². The third-order valence-corrected chi connectivity index (χ3v) is 4.39. The molecule has 0 saturated carbocycles. The van der Waals surface area contributed by atoms with Crippen molar-refractivity contribution in [1.82, 2.24) is 4.90 Å². The van der Waals surface area contributed by atoms with Crippen LogP contribution in [-0.2, 0) is 4.74 Å². The number of hydrogen-bond acceptors (Lipinski definition) is 6. The van der Waals surface area contributed by atoms with Crippen LogP contribution in [0.5, 0.6) is 0 Å². The first kappa shape index (κ1) is 20.0. The van der Waals surface area contributed by atoms with E-state index in [1.807, 2.05) is 4.90 Å². The molecule has 1 unspecified atom stereocenters. The van der Waals surface area contributed by atoms with Crippen molar-refractivity contribution < 1.29 is 27.6 Å². The fraction of sp³-hybridized carbons (Fsp3) is 0.562. The average Bonchev–Trinajstić information content (AvgIpc) is 2.53. The molecule has 144 valence electrons. The maximum atomic E-state index is 12.6. The van der Waals surface area contributed by atoms with Crippen molar-refractivity contribution in [2.24, 2.45) is 0 Å². The molecule has 0 aliphatic carbocycles. The van der Waals surface area contributed by atoms with Crippen molar-refractivity contribution >= 4 is 17.3 Å². The monoisotopic (exact) mass is 375 g/mol. The number of hydrogen-bond donors (Lipinski definition) is 0. The highest BCUT2D eigenvalue weighted by Gasteiger charge is 2.35. The number of alkyl halides is 3. The Kier molecular flexibility index (Phi) is 5.74. The van der Waals surface area contributed by atoms with Crippen LogP contribution in [0.25, 0.3) is 0 Å².